The molecule has 1 amide bonds. The molecule has 20 heavy (non-hydrogen) atoms. The second-order valence-electron chi connectivity index (χ2n) is 4.11. The number of rotatable bonds is 5. The number of nitrogens with one attached hydrogen (secondary N) is 2. The van der Waals surface area contributed by atoms with Crippen molar-refractivity contribution in [1.82, 2.24) is 25.1 Å². The minimum Gasteiger partial charge on any atom is -0.371 e. The molecule has 0 bridgehead atoms. The van der Waals surface area contributed by atoms with E-state index in [2.05, 4.69) is 25.7 Å². The molecule has 106 valence electrons. The molecule has 0 aliphatic carbocycles. The molecule has 0 unspecified atom stereocenters. The van der Waals surface area contributed by atoms with Crippen molar-refractivity contribution >= 4 is 11.7 Å². The van der Waals surface area contributed by atoms with Gasteiger partial charge >= 0.3 is 0 Å². The fourth-order valence-corrected chi connectivity index (χ4v) is 1.67. The third-order valence-corrected chi connectivity index (χ3v) is 2.65. The summed E-state index contributed by atoms with van der Waals surface area (Å²) in [5, 5.41) is 9.30. The highest BCUT2D eigenvalue weighted by Crippen LogP contribution is 2.14. The minimum absolute atomic E-state index is 0.0432. The van der Waals surface area contributed by atoms with Crippen LogP contribution in [0, 0.1) is 5.82 Å². The number of halogens is 1. The van der Waals surface area contributed by atoms with Crippen LogP contribution in [0.25, 0.3) is 0 Å². The molecular weight excluding hydrogens is 263 g/mol. The van der Waals surface area contributed by atoms with Crippen LogP contribution >= 0.6 is 0 Å². The largest absolute Gasteiger partial charge is 0.371 e. The number of hydrogen-bond acceptors (Lipinski definition) is 5. The lowest BCUT2D eigenvalue weighted by atomic mass is 10.2. The minimum atomic E-state index is -0.663. The van der Waals surface area contributed by atoms with Gasteiger partial charge in [0.1, 0.15) is 6.33 Å². The van der Waals surface area contributed by atoms with Gasteiger partial charge in [0, 0.05) is 33.3 Å². The van der Waals surface area contributed by atoms with Crippen molar-refractivity contribution in [3.63, 3.8) is 0 Å². The Morgan fingerprint density at radius 1 is 1.45 bits per heavy atom. The van der Waals surface area contributed by atoms with Crippen LogP contribution in [-0.4, -0.2) is 39.2 Å². The van der Waals surface area contributed by atoms with Crippen LogP contribution in [0.1, 0.15) is 16.2 Å². The van der Waals surface area contributed by atoms with Gasteiger partial charge in [-0.3, -0.25) is 9.48 Å². The van der Waals surface area contributed by atoms with E-state index in [-0.39, 0.29) is 11.4 Å². The number of carbonyl (C=O) groups excluding carboxylic acids is 1. The highest BCUT2D eigenvalue weighted by Gasteiger charge is 2.15. The number of anilines is 1. The maximum atomic E-state index is 13.9. The molecule has 0 fully saturated rings. The van der Waals surface area contributed by atoms with Gasteiger partial charge in [-0.1, -0.05) is 0 Å². The summed E-state index contributed by atoms with van der Waals surface area (Å²) in [5.41, 5.74) is -0.0432. The van der Waals surface area contributed by atoms with Crippen molar-refractivity contribution in [2.45, 2.75) is 6.42 Å². The van der Waals surface area contributed by atoms with Gasteiger partial charge in [-0.25, -0.2) is 14.4 Å². The van der Waals surface area contributed by atoms with Crippen molar-refractivity contribution in [3.8, 4) is 0 Å². The lowest BCUT2D eigenvalue weighted by Crippen LogP contribution is -2.27. The van der Waals surface area contributed by atoms with Crippen molar-refractivity contribution in [2.24, 2.45) is 7.05 Å². The smallest absolute Gasteiger partial charge is 0.254 e. The van der Waals surface area contributed by atoms with Crippen molar-refractivity contribution < 1.29 is 9.18 Å². The summed E-state index contributed by atoms with van der Waals surface area (Å²) in [6.45, 7) is 0.333. The molecule has 2 N–H and O–H groups in total. The first-order valence-corrected chi connectivity index (χ1v) is 6.06. The van der Waals surface area contributed by atoms with Gasteiger partial charge in [-0.2, -0.15) is 5.10 Å². The van der Waals surface area contributed by atoms with Crippen molar-refractivity contribution in [1.29, 1.82) is 0 Å². The summed E-state index contributed by atoms with van der Waals surface area (Å²) in [4.78, 5) is 19.7. The Hall–Kier alpha value is -2.51. The van der Waals surface area contributed by atoms with Gasteiger partial charge < -0.3 is 10.6 Å². The summed E-state index contributed by atoms with van der Waals surface area (Å²) in [6, 6.07) is 1.34. The van der Waals surface area contributed by atoms with E-state index in [4.69, 9.17) is 0 Å². The number of amides is 1. The van der Waals surface area contributed by atoms with Gasteiger partial charge in [-0.05, 0) is 6.07 Å². The number of pyridine rings is 1. The van der Waals surface area contributed by atoms with Crippen LogP contribution in [-0.2, 0) is 13.5 Å². The van der Waals surface area contributed by atoms with Crippen LogP contribution < -0.4 is 10.6 Å². The maximum Gasteiger partial charge on any atom is 0.254 e. The second kappa shape index (κ2) is 6.09. The number of hydrogen-bond donors (Lipinski definition) is 2. The molecule has 2 heterocycles. The summed E-state index contributed by atoms with van der Waals surface area (Å²) in [7, 11) is 3.31. The predicted octanol–water partition coefficient (Wildman–Crippen LogP) is 0.363. The number of nitrogens with zero attached hydrogens (tertiary/aromatic N) is 4. The first kappa shape index (κ1) is 13.9. The normalized spacial score (nSPS) is 10.3. The van der Waals surface area contributed by atoms with Crippen LogP contribution in [0.2, 0.25) is 0 Å². The zero-order chi connectivity index (χ0) is 14.5. The average molecular weight is 278 g/mol. The van der Waals surface area contributed by atoms with Crippen molar-refractivity contribution in [3.05, 3.63) is 35.8 Å². The van der Waals surface area contributed by atoms with Gasteiger partial charge in [0.2, 0.25) is 0 Å². The zero-order valence-electron chi connectivity index (χ0n) is 11.2. The molecule has 0 saturated heterocycles. The SMILES string of the molecule is CNc1nccc(C(=O)NCCc2ncn(C)n2)c1F. The topological polar surface area (TPSA) is 84.7 Å². The van der Waals surface area contributed by atoms with Crippen LogP contribution in [0.3, 0.4) is 0 Å². The molecule has 8 heteroatoms. The highest BCUT2D eigenvalue weighted by molar-refractivity contribution is 5.95. The lowest BCUT2D eigenvalue weighted by molar-refractivity contribution is 0.0950. The zero-order valence-corrected chi connectivity index (χ0v) is 11.2. The number of aryl methyl sites for hydroxylation is 1. The molecule has 2 aromatic heterocycles. The molecule has 0 radical (unpaired) electrons. The number of aromatic nitrogens is 4. The molecule has 2 rings (SSSR count). The number of carbonyl (C=O) groups is 1. The van der Waals surface area contributed by atoms with Crippen LogP contribution in [0.15, 0.2) is 18.6 Å². The molecule has 2 aromatic rings. The average Bonchev–Trinajstić information content (AvgIpc) is 2.84. The molecule has 0 saturated carbocycles. The van der Waals surface area contributed by atoms with E-state index in [1.54, 1.807) is 25.1 Å². The summed E-state index contributed by atoms with van der Waals surface area (Å²) < 4.78 is 15.4. The van der Waals surface area contributed by atoms with Gasteiger partial charge in [0.05, 0.1) is 5.56 Å². The van der Waals surface area contributed by atoms with E-state index in [0.29, 0.717) is 18.8 Å². The highest BCUT2D eigenvalue weighted by atomic mass is 19.1. The summed E-state index contributed by atoms with van der Waals surface area (Å²) >= 11 is 0. The van der Waals surface area contributed by atoms with E-state index in [1.807, 2.05) is 0 Å². The van der Waals surface area contributed by atoms with E-state index >= 15 is 0 Å². The first-order chi connectivity index (χ1) is 9.61. The van der Waals surface area contributed by atoms with Gasteiger partial charge in [0.15, 0.2) is 17.5 Å². The first-order valence-electron chi connectivity index (χ1n) is 6.06. The molecule has 0 aliphatic rings. The molecule has 0 aliphatic heterocycles. The molecular formula is C12H15FN6O. The van der Waals surface area contributed by atoms with Gasteiger partial charge in [0.25, 0.3) is 5.91 Å². The Balaban J connectivity index is 1.95. The van der Waals surface area contributed by atoms with Gasteiger partial charge in [-0.15, -0.1) is 0 Å². The summed E-state index contributed by atoms with van der Waals surface area (Å²) in [6.07, 6.45) is 3.45. The Labute approximate surface area is 115 Å². The second-order valence-corrected chi connectivity index (χ2v) is 4.11. The Bertz CT molecular complexity index is 612. The Kier molecular flexibility index (Phi) is 4.24. The van der Waals surface area contributed by atoms with Crippen LogP contribution in [0.5, 0.6) is 0 Å². The van der Waals surface area contributed by atoms with Crippen molar-refractivity contribution in [2.75, 3.05) is 18.9 Å². The molecule has 0 aromatic carbocycles. The molecule has 7 nitrogen and oxygen atoms in total. The quantitative estimate of drug-likeness (QED) is 0.825. The Morgan fingerprint density at radius 2 is 2.25 bits per heavy atom. The summed E-state index contributed by atoms with van der Waals surface area (Å²) in [5.74, 6) is -0.483. The monoisotopic (exact) mass is 278 g/mol. The third-order valence-electron chi connectivity index (χ3n) is 2.65. The predicted molar refractivity (Wildman–Crippen MR) is 70.8 cm³/mol. The third kappa shape index (κ3) is 3.08. The van der Waals surface area contributed by atoms with E-state index in [0.717, 1.165) is 0 Å². The van der Waals surface area contributed by atoms with E-state index in [1.165, 1.54) is 12.3 Å². The van der Waals surface area contributed by atoms with Crippen LogP contribution in [0.4, 0.5) is 10.2 Å². The fourth-order valence-electron chi connectivity index (χ4n) is 1.67. The lowest BCUT2D eigenvalue weighted by Gasteiger charge is -2.07. The standard InChI is InChI=1S/C12H15FN6O/c1-14-11-10(13)8(3-5-15-11)12(20)16-6-4-9-17-7-19(2)18-9/h3,5,7H,4,6H2,1-2H3,(H,14,15)(H,16,20). The molecule has 0 atom stereocenters. The Morgan fingerprint density at radius 3 is 2.90 bits per heavy atom. The molecule has 0 spiro atoms. The van der Waals surface area contributed by atoms with E-state index < -0.39 is 11.7 Å². The fraction of sp³-hybridized carbons (Fsp3) is 0.333. The maximum absolute atomic E-state index is 13.9. The van der Waals surface area contributed by atoms with E-state index in [9.17, 15) is 9.18 Å².